The van der Waals surface area contributed by atoms with Gasteiger partial charge in [-0.25, -0.2) is 0 Å². The maximum absolute atomic E-state index is 12.8. The fraction of sp³-hybridized carbons (Fsp3) is 0.778. The zero-order valence-electron chi connectivity index (χ0n) is 15.5. The molecule has 1 aliphatic heterocycles. The van der Waals surface area contributed by atoms with Crippen molar-refractivity contribution in [1.29, 1.82) is 0 Å². The highest BCUT2D eigenvalue weighted by Crippen LogP contribution is 2.19. The fourth-order valence-electron chi connectivity index (χ4n) is 3.55. The Balaban J connectivity index is 2.02. The summed E-state index contributed by atoms with van der Waals surface area (Å²) in [4.78, 5) is 16.9. The first-order chi connectivity index (χ1) is 11.5. The Morgan fingerprint density at radius 3 is 2.21 bits per heavy atom. The van der Waals surface area contributed by atoms with Gasteiger partial charge in [0.1, 0.15) is 0 Å². The molecule has 1 aromatic heterocycles. The molecular weight excluding hydrogens is 304 g/mol. The van der Waals surface area contributed by atoms with E-state index in [1.807, 2.05) is 22.6 Å². The fourth-order valence-corrected chi connectivity index (χ4v) is 3.55. The number of aryl methyl sites for hydroxylation is 1. The van der Waals surface area contributed by atoms with Crippen LogP contribution in [0.3, 0.4) is 0 Å². The lowest BCUT2D eigenvalue weighted by Gasteiger charge is -2.38. The minimum absolute atomic E-state index is 0.0273. The molecule has 6 nitrogen and oxygen atoms in total. The van der Waals surface area contributed by atoms with Crippen LogP contribution in [-0.4, -0.2) is 69.4 Å². The van der Waals surface area contributed by atoms with E-state index < -0.39 is 0 Å². The number of carbonyl (C=O) groups is 1. The first-order valence-corrected chi connectivity index (χ1v) is 9.25. The molecule has 6 heteroatoms. The molecule has 1 amide bonds. The van der Waals surface area contributed by atoms with E-state index in [0.29, 0.717) is 24.8 Å². The van der Waals surface area contributed by atoms with Crippen molar-refractivity contribution >= 4 is 5.91 Å². The highest BCUT2D eigenvalue weighted by Gasteiger charge is 2.27. The lowest BCUT2D eigenvalue weighted by Crippen LogP contribution is -2.52. The molecule has 1 aromatic rings. The van der Waals surface area contributed by atoms with E-state index in [4.69, 9.17) is 0 Å². The molecule has 0 spiro atoms. The molecule has 1 aliphatic rings. The summed E-state index contributed by atoms with van der Waals surface area (Å²) in [6.45, 7) is 11.6. The van der Waals surface area contributed by atoms with Crippen molar-refractivity contribution in [3.05, 3.63) is 17.5 Å². The van der Waals surface area contributed by atoms with Gasteiger partial charge in [-0.15, -0.1) is 0 Å². The van der Waals surface area contributed by atoms with E-state index in [2.05, 4.69) is 30.8 Å². The van der Waals surface area contributed by atoms with Gasteiger partial charge in [0.05, 0.1) is 12.6 Å². The van der Waals surface area contributed by atoms with Crippen LogP contribution in [0, 0.1) is 6.92 Å². The Labute approximate surface area is 145 Å². The predicted molar refractivity (Wildman–Crippen MR) is 95.2 cm³/mol. The Morgan fingerprint density at radius 1 is 1.12 bits per heavy atom. The summed E-state index contributed by atoms with van der Waals surface area (Å²) >= 11 is 0. The number of hydrogen-bond acceptors (Lipinski definition) is 4. The number of hydrogen-bond donors (Lipinski definition) is 1. The lowest BCUT2D eigenvalue weighted by molar-refractivity contribution is 0.0467. The second-order valence-corrected chi connectivity index (χ2v) is 6.66. The topological polar surface area (TPSA) is 61.6 Å². The number of aliphatic hydroxyl groups is 1. The van der Waals surface area contributed by atoms with Crippen LogP contribution in [0.15, 0.2) is 6.07 Å². The van der Waals surface area contributed by atoms with E-state index in [1.54, 1.807) is 0 Å². The molecular formula is C18H32N4O2. The molecule has 2 heterocycles. The number of amides is 1. The van der Waals surface area contributed by atoms with E-state index in [0.717, 1.165) is 38.0 Å². The average molecular weight is 336 g/mol. The van der Waals surface area contributed by atoms with Crippen LogP contribution >= 0.6 is 0 Å². The number of nitrogens with zero attached hydrogens (tertiary/aromatic N) is 4. The Kier molecular flexibility index (Phi) is 6.80. The van der Waals surface area contributed by atoms with E-state index in [-0.39, 0.29) is 18.6 Å². The quantitative estimate of drug-likeness (QED) is 0.828. The third kappa shape index (κ3) is 3.98. The number of aromatic nitrogens is 2. The molecule has 2 rings (SSSR count). The first kappa shape index (κ1) is 18.9. The number of carbonyl (C=O) groups excluding carboxylic acids is 1. The van der Waals surface area contributed by atoms with Gasteiger partial charge in [-0.3, -0.25) is 14.4 Å². The summed E-state index contributed by atoms with van der Waals surface area (Å²) in [5.74, 6) is 0.0273. The van der Waals surface area contributed by atoms with Crippen LogP contribution < -0.4 is 0 Å². The van der Waals surface area contributed by atoms with Gasteiger partial charge in [-0.2, -0.15) is 5.10 Å². The summed E-state index contributed by atoms with van der Waals surface area (Å²) < 4.78 is 2.00. The van der Waals surface area contributed by atoms with Gasteiger partial charge < -0.3 is 10.0 Å². The summed E-state index contributed by atoms with van der Waals surface area (Å²) in [6.07, 6.45) is 2.97. The minimum atomic E-state index is 0.0273. The molecule has 0 aliphatic carbocycles. The first-order valence-electron chi connectivity index (χ1n) is 9.25. The maximum atomic E-state index is 12.8. The van der Waals surface area contributed by atoms with Crippen LogP contribution in [0.25, 0.3) is 0 Å². The van der Waals surface area contributed by atoms with Gasteiger partial charge in [-0.1, -0.05) is 20.8 Å². The molecule has 24 heavy (non-hydrogen) atoms. The van der Waals surface area contributed by atoms with Gasteiger partial charge in [0, 0.05) is 37.9 Å². The van der Waals surface area contributed by atoms with E-state index in [1.165, 1.54) is 0 Å². The number of rotatable bonds is 7. The highest BCUT2D eigenvalue weighted by molar-refractivity contribution is 5.92. The molecule has 0 aromatic carbocycles. The van der Waals surface area contributed by atoms with Crippen molar-refractivity contribution in [1.82, 2.24) is 19.6 Å². The Morgan fingerprint density at radius 2 is 1.71 bits per heavy atom. The van der Waals surface area contributed by atoms with Crippen molar-refractivity contribution in [3.63, 3.8) is 0 Å². The average Bonchev–Trinajstić information content (AvgIpc) is 2.99. The molecule has 1 unspecified atom stereocenters. The third-order valence-corrected chi connectivity index (χ3v) is 5.23. The van der Waals surface area contributed by atoms with Gasteiger partial charge in [0.25, 0.3) is 5.91 Å². The number of aliphatic hydroxyl groups excluding tert-OH is 1. The van der Waals surface area contributed by atoms with E-state index in [9.17, 15) is 9.90 Å². The van der Waals surface area contributed by atoms with Crippen molar-refractivity contribution in [3.8, 4) is 0 Å². The monoisotopic (exact) mass is 336 g/mol. The molecule has 1 N–H and O–H groups in total. The molecule has 1 fully saturated rings. The zero-order valence-corrected chi connectivity index (χ0v) is 15.5. The van der Waals surface area contributed by atoms with Crippen molar-refractivity contribution in [2.75, 3.05) is 32.8 Å². The summed E-state index contributed by atoms with van der Waals surface area (Å²) in [5.41, 5.74) is 1.61. The minimum Gasteiger partial charge on any atom is -0.395 e. The molecule has 0 radical (unpaired) electrons. The van der Waals surface area contributed by atoms with Crippen LogP contribution in [0.4, 0.5) is 0 Å². The molecule has 136 valence electrons. The second kappa shape index (κ2) is 8.62. The Hall–Kier alpha value is -1.40. The van der Waals surface area contributed by atoms with E-state index >= 15 is 0 Å². The largest absolute Gasteiger partial charge is 0.395 e. The molecule has 1 saturated heterocycles. The predicted octanol–water partition coefficient (Wildman–Crippen LogP) is 2.08. The Bertz CT molecular complexity index is 527. The maximum Gasteiger partial charge on any atom is 0.274 e. The summed E-state index contributed by atoms with van der Waals surface area (Å²) in [6, 6.07) is 2.48. The summed E-state index contributed by atoms with van der Waals surface area (Å²) in [5, 5.41) is 14.0. The van der Waals surface area contributed by atoms with Crippen molar-refractivity contribution in [2.45, 2.75) is 59.0 Å². The van der Waals surface area contributed by atoms with Crippen LogP contribution in [0.5, 0.6) is 0 Å². The molecule has 0 bridgehead atoms. The van der Waals surface area contributed by atoms with Crippen molar-refractivity contribution in [2.24, 2.45) is 0 Å². The lowest BCUT2D eigenvalue weighted by atomic mass is 10.1. The van der Waals surface area contributed by atoms with Gasteiger partial charge in [-0.05, 0) is 32.3 Å². The number of piperazine rings is 1. The van der Waals surface area contributed by atoms with Gasteiger partial charge in [0.2, 0.25) is 0 Å². The van der Waals surface area contributed by atoms with Gasteiger partial charge >= 0.3 is 0 Å². The summed E-state index contributed by atoms with van der Waals surface area (Å²) in [7, 11) is 0. The van der Waals surface area contributed by atoms with Crippen LogP contribution in [-0.2, 0) is 0 Å². The normalized spacial score (nSPS) is 17.5. The van der Waals surface area contributed by atoms with Gasteiger partial charge in [0.15, 0.2) is 5.69 Å². The standard InChI is InChI=1S/C18H32N4O2/c1-5-15(6-2)22-14(4)12-17(19-22)18(24)21-10-8-20(9-11-21)16(7-3)13-23/h12,15-16,23H,5-11,13H2,1-4H3. The highest BCUT2D eigenvalue weighted by atomic mass is 16.3. The SMILES string of the molecule is CCC(CO)N1CCN(C(=O)c2cc(C)n(C(CC)CC)n2)CC1. The third-order valence-electron chi connectivity index (χ3n) is 5.23. The van der Waals surface area contributed by atoms with Crippen LogP contribution in [0.2, 0.25) is 0 Å². The van der Waals surface area contributed by atoms with Crippen LogP contribution in [0.1, 0.15) is 62.3 Å². The molecule has 0 saturated carbocycles. The second-order valence-electron chi connectivity index (χ2n) is 6.66. The molecule has 1 atom stereocenters. The zero-order chi connectivity index (χ0) is 17.7. The smallest absolute Gasteiger partial charge is 0.274 e. The van der Waals surface area contributed by atoms with Crippen molar-refractivity contribution < 1.29 is 9.90 Å².